The molecule has 0 spiro atoms. The van der Waals surface area contributed by atoms with Gasteiger partial charge in [-0.3, -0.25) is 4.90 Å². The summed E-state index contributed by atoms with van der Waals surface area (Å²) in [5.74, 6) is 2.05. The summed E-state index contributed by atoms with van der Waals surface area (Å²) in [5.41, 5.74) is 6.14. The minimum atomic E-state index is 0.395. The molecule has 1 unspecified atom stereocenters. The molecule has 0 aromatic rings. The van der Waals surface area contributed by atoms with Gasteiger partial charge in [-0.2, -0.15) is 0 Å². The fourth-order valence-electron chi connectivity index (χ4n) is 2.99. The molecule has 2 nitrogen and oxygen atoms in total. The summed E-state index contributed by atoms with van der Waals surface area (Å²) in [4.78, 5) is 2.62. The van der Waals surface area contributed by atoms with Crippen LogP contribution in [0.2, 0.25) is 0 Å². The first kappa shape index (κ1) is 8.25. The third-order valence-electron chi connectivity index (χ3n) is 3.94. The fourth-order valence-corrected chi connectivity index (χ4v) is 2.99. The van der Waals surface area contributed by atoms with Crippen LogP contribution in [-0.4, -0.2) is 23.7 Å². The molecule has 3 aliphatic rings. The van der Waals surface area contributed by atoms with Crippen LogP contribution >= 0.6 is 0 Å². The molecule has 74 valence electrons. The van der Waals surface area contributed by atoms with E-state index < -0.39 is 0 Å². The lowest BCUT2D eigenvalue weighted by Gasteiger charge is -2.31. The second kappa shape index (κ2) is 2.96. The lowest BCUT2D eigenvalue weighted by molar-refractivity contribution is 0.144. The van der Waals surface area contributed by atoms with Crippen molar-refractivity contribution in [1.29, 1.82) is 0 Å². The smallest absolute Gasteiger partial charge is 0.0574 e. The molecule has 0 aromatic carbocycles. The van der Waals surface area contributed by atoms with Gasteiger partial charge in [-0.25, -0.2) is 0 Å². The lowest BCUT2D eigenvalue weighted by Crippen LogP contribution is -2.46. The SMILES string of the molecule is NC1CCCN1C(C1CC1)C1CC1. The monoisotopic (exact) mass is 180 g/mol. The van der Waals surface area contributed by atoms with Crippen LogP contribution < -0.4 is 5.73 Å². The predicted octanol–water partition coefficient (Wildman–Crippen LogP) is 1.56. The van der Waals surface area contributed by atoms with Gasteiger partial charge in [-0.15, -0.1) is 0 Å². The zero-order valence-electron chi connectivity index (χ0n) is 8.28. The Morgan fingerprint density at radius 3 is 2.00 bits per heavy atom. The number of rotatable bonds is 3. The molecule has 1 aliphatic heterocycles. The van der Waals surface area contributed by atoms with Crippen molar-refractivity contribution in [2.45, 2.75) is 50.7 Å². The molecular weight excluding hydrogens is 160 g/mol. The highest BCUT2D eigenvalue weighted by Gasteiger charge is 2.46. The van der Waals surface area contributed by atoms with E-state index in [4.69, 9.17) is 5.73 Å². The number of nitrogens with zero attached hydrogens (tertiary/aromatic N) is 1. The molecule has 0 radical (unpaired) electrons. The molecular formula is C11H20N2. The van der Waals surface area contributed by atoms with E-state index in [-0.39, 0.29) is 0 Å². The highest BCUT2D eigenvalue weighted by Crippen LogP contribution is 2.48. The maximum Gasteiger partial charge on any atom is 0.0574 e. The average Bonchev–Trinajstić information content (AvgIpc) is 2.96. The van der Waals surface area contributed by atoms with E-state index in [0.29, 0.717) is 6.17 Å². The van der Waals surface area contributed by atoms with E-state index in [0.717, 1.165) is 17.9 Å². The van der Waals surface area contributed by atoms with Crippen molar-refractivity contribution in [1.82, 2.24) is 4.90 Å². The summed E-state index contributed by atoms with van der Waals surface area (Å²) in [6.45, 7) is 1.28. The van der Waals surface area contributed by atoms with Crippen LogP contribution in [-0.2, 0) is 0 Å². The molecule has 3 rings (SSSR count). The van der Waals surface area contributed by atoms with Gasteiger partial charge in [0.2, 0.25) is 0 Å². The minimum Gasteiger partial charge on any atom is -0.316 e. The maximum absolute atomic E-state index is 6.14. The third kappa shape index (κ3) is 1.50. The van der Waals surface area contributed by atoms with Crippen LogP contribution in [0.25, 0.3) is 0 Å². The van der Waals surface area contributed by atoms with Crippen molar-refractivity contribution in [3.63, 3.8) is 0 Å². The van der Waals surface area contributed by atoms with E-state index in [1.165, 1.54) is 45.1 Å². The van der Waals surface area contributed by atoms with Crippen LogP contribution in [0, 0.1) is 11.8 Å². The molecule has 1 heterocycles. The summed E-state index contributed by atoms with van der Waals surface area (Å²) in [6.07, 6.45) is 8.86. The first-order chi connectivity index (χ1) is 6.36. The van der Waals surface area contributed by atoms with E-state index in [1.54, 1.807) is 0 Å². The van der Waals surface area contributed by atoms with Gasteiger partial charge in [0.25, 0.3) is 0 Å². The summed E-state index contributed by atoms with van der Waals surface area (Å²) in [7, 11) is 0. The fraction of sp³-hybridized carbons (Fsp3) is 1.00. The van der Waals surface area contributed by atoms with Crippen LogP contribution in [0.4, 0.5) is 0 Å². The second-order valence-corrected chi connectivity index (χ2v) is 5.11. The van der Waals surface area contributed by atoms with Crippen molar-refractivity contribution in [2.75, 3.05) is 6.54 Å². The highest BCUT2D eigenvalue weighted by atomic mass is 15.3. The Morgan fingerprint density at radius 1 is 1.00 bits per heavy atom. The molecule has 2 aliphatic carbocycles. The Labute approximate surface area is 80.5 Å². The van der Waals surface area contributed by atoms with Gasteiger partial charge in [0.1, 0.15) is 0 Å². The Balaban J connectivity index is 1.71. The van der Waals surface area contributed by atoms with E-state index >= 15 is 0 Å². The van der Waals surface area contributed by atoms with Crippen molar-refractivity contribution in [2.24, 2.45) is 17.6 Å². The zero-order chi connectivity index (χ0) is 8.84. The molecule has 0 aromatic heterocycles. The number of hydrogen-bond acceptors (Lipinski definition) is 2. The normalized spacial score (nSPS) is 36.0. The van der Waals surface area contributed by atoms with Crippen LogP contribution in [0.5, 0.6) is 0 Å². The van der Waals surface area contributed by atoms with Crippen LogP contribution in [0.3, 0.4) is 0 Å². The van der Waals surface area contributed by atoms with Gasteiger partial charge in [-0.05, 0) is 50.4 Å². The average molecular weight is 180 g/mol. The standard InChI is InChI=1S/C11H20N2/c12-10-2-1-7-13(10)11(8-3-4-8)9-5-6-9/h8-11H,1-7,12H2. The van der Waals surface area contributed by atoms with E-state index in [1.807, 2.05) is 0 Å². The van der Waals surface area contributed by atoms with Crippen molar-refractivity contribution in [3.05, 3.63) is 0 Å². The number of likely N-dealkylation sites (tertiary alicyclic amines) is 1. The van der Waals surface area contributed by atoms with Gasteiger partial charge in [0.15, 0.2) is 0 Å². The first-order valence-electron chi connectivity index (χ1n) is 5.87. The molecule has 0 bridgehead atoms. The quantitative estimate of drug-likeness (QED) is 0.714. The first-order valence-corrected chi connectivity index (χ1v) is 5.87. The molecule has 1 atom stereocenters. The molecule has 0 amide bonds. The molecule has 3 fully saturated rings. The van der Waals surface area contributed by atoms with Gasteiger partial charge in [0.05, 0.1) is 6.17 Å². The Bertz CT molecular complexity index is 184. The molecule has 2 heteroatoms. The van der Waals surface area contributed by atoms with Crippen molar-refractivity contribution < 1.29 is 0 Å². The van der Waals surface area contributed by atoms with Gasteiger partial charge >= 0.3 is 0 Å². The zero-order valence-corrected chi connectivity index (χ0v) is 8.28. The summed E-state index contributed by atoms with van der Waals surface area (Å²) in [5, 5.41) is 0. The Kier molecular flexibility index (Phi) is 1.88. The maximum atomic E-state index is 6.14. The predicted molar refractivity (Wildman–Crippen MR) is 53.2 cm³/mol. The molecule has 2 N–H and O–H groups in total. The largest absolute Gasteiger partial charge is 0.316 e. The summed E-state index contributed by atoms with van der Waals surface area (Å²) < 4.78 is 0. The van der Waals surface area contributed by atoms with Crippen LogP contribution in [0.1, 0.15) is 38.5 Å². The van der Waals surface area contributed by atoms with Gasteiger partial charge in [0, 0.05) is 12.6 Å². The van der Waals surface area contributed by atoms with Crippen molar-refractivity contribution >= 4 is 0 Å². The number of hydrogen-bond donors (Lipinski definition) is 1. The Hall–Kier alpha value is -0.0800. The third-order valence-corrected chi connectivity index (χ3v) is 3.94. The highest BCUT2D eigenvalue weighted by molar-refractivity contribution is 4.99. The molecule has 1 saturated heterocycles. The number of nitrogens with two attached hydrogens (primary N) is 1. The minimum absolute atomic E-state index is 0.395. The molecule has 2 saturated carbocycles. The van der Waals surface area contributed by atoms with Gasteiger partial charge < -0.3 is 5.73 Å². The van der Waals surface area contributed by atoms with Crippen LogP contribution in [0.15, 0.2) is 0 Å². The van der Waals surface area contributed by atoms with Gasteiger partial charge in [-0.1, -0.05) is 0 Å². The second-order valence-electron chi connectivity index (χ2n) is 5.11. The lowest BCUT2D eigenvalue weighted by atomic mass is 10.1. The van der Waals surface area contributed by atoms with E-state index in [9.17, 15) is 0 Å². The topological polar surface area (TPSA) is 29.3 Å². The summed E-state index contributed by atoms with van der Waals surface area (Å²) >= 11 is 0. The summed E-state index contributed by atoms with van der Waals surface area (Å²) in [6, 6.07) is 0.887. The van der Waals surface area contributed by atoms with Crippen molar-refractivity contribution in [3.8, 4) is 0 Å². The molecule has 13 heavy (non-hydrogen) atoms. The Morgan fingerprint density at radius 2 is 1.62 bits per heavy atom. The van der Waals surface area contributed by atoms with E-state index in [2.05, 4.69) is 4.90 Å².